The summed E-state index contributed by atoms with van der Waals surface area (Å²) in [5.41, 5.74) is 4.64. The molecule has 0 bridgehead atoms. The van der Waals surface area contributed by atoms with Gasteiger partial charge in [-0.3, -0.25) is 0 Å². The SMILES string of the molecule is CC1Oc2ccc(Cl)cc2COC12CCN(CCC=C(c1ccccc1)c1ccccc1)CC2.O=C(O)C(=O)O. The van der Waals surface area contributed by atoms with Gasteiger partial charge in [0.05, 0.1) is 6.61 Å². The van der Waals surface area contributed by atoms with Crippen molar-refractivity contribution >= 4 is 29.1 Å². The molecular weight excluding hydrogens is 530 g/mol. The summed E-state index contributed by atoms with van der Waals surface area (Å²) >= 11 is 6.19. The van der Waals surface area contributed by atoms with E-state index in [0.717, 1.165) is 55.2 Å². The van der Waals surface area contributed by atoms with Crippen LogP contribution in [0.3, 0.4) is 0 Å². The number of hydrogen-bond acceptors (Lipinski definition) is 5. The highest BCUT2D eigenvalue weighted by Gasteiger charge is 2.43. The summed E-state index contributed by atoms with van der Waals surface area (Å²) in [6, 6.07) is 27.2. The van der Waals surface area contributed by atoms with Crippen LogP contribution < -0.4 is 4.74 Å². The fourth-order valence-electron chi connectivity index (χ4n) is 5.15. The van der Waals surface area contributed by atoms with Crippen LogP contribution in [0.1, 0.15) is 42.9 Å². The van der Waals surface area contributed by atoms with Gasteiger partial charge >= 0.3 is 11.9 Å². The monoisotopic (exact) mass is 563 g/mol. The molecule has 3 aromatic rings. The highest BCUT2D eigenvalue weighted by molar-refractivity contribution is 6.30. The summed E-state index contributed by atoms with van der Waals surface area (Å²) in [4.78, 5) is 20.8. The molecule has 2 aliphatic heterocycles. The van der Waals surface area contributed by atoms with E-state index in [-0.39, 0.29) is 11.7 Å². The molecule has 2 heterocycles. The first kappa shape index (κ1) is 29.3. The summed E-state index contributed by atoms with van der Waals surface area (Å²) in [5.74, 6) is -2.75. The lowest BCUT2D eigenvalue weighted by Gasteiger charge is -2.43. The number of carbonyl (C=O) groups is 2. The van der Waals surface area contributed by atoms with E-state index < -0.39 is 11.9 Å². The van der Waals surface area contributed by atoms with Crippen LogP contribution in [0.15, 0.2) is 84.9 Å². The minimum atomic E-state index is -1.82. The molecule has 1 atom stereocenters. The fraction of sp³-hybridized carbons (Fsp3) is 0.312. The van der Waals surface area contributed by atoms with E-state index in [2.05, 4.69) is 78.6 Å². The van der Waals surface area contributed by atoms with Crippen molar-refractivity contribution in [3.05, 3.63) is 107 Å². The molecule has 0 saturated carbocycles. The zero-order valence-electron chi connectivity index (χ0n) is 22.5. The number of halogens is 1. The number of nitrogens with zero attached hydrogens (tertiary/aromatic N) is 1. The summed E-state index contributed by atoms with van der Waals surface area (Å²) in [6.45, 7) is 5.79. The Balaban J connectivity index is 0.000000557. The minimum Gasteiger partial charge on any atom is -0.487 e. The number of piperidine rings is 1. The van der Waals surface area contributed by atoms with Gasteiger partial charge < -0.3 is 24.6 Å². The molecule has 3 aromatic carbocycles. The summed E-state index contributed by atoms with van der Waals surface area (Å²) < 4.78 is 12.8. The van der Waals surface area contributed by atoms with E-state index in [9.17, 15) is 0 Å². The van der Waals surface area contributed by atoms with Gasteiger partial charge in [0.25, 0.3) is 0 Å². The maximum atomic E-state index is 9.10. The Morgan fingerprint density at radius 3 is 2.08 bits per heavy atom. The van der Waals surface area contributed by atoms with Crippen molar-refractivity contribution in [2.75, 3.05) is 19.6 Å². The van der Waals surface area contributed by atoms with Crippen molar-refractivity contribution in [3.8, 4) is 5.75 Å². The Morgan fingerprint density at radius 2 is 1.52 bits per heavy atom. The van der Waals surface area contributed by atoms with Gasteiger partial charge in [0, 0.05) is 30.2 Å². The number of carboxylic acids is 2. The highest BCUT2D eigenvalue weighted by Crippen LogP contribution is 2.38. The summed E-state index contributed by atoms with van der Waals surface area (Å²) in [7, 11) is 0. The predicted octanol–water partition coefficient (Wildman–Crippen LogP) is 6.15. The van der Waals surface area contributed by atoms with Crippen molar-refractivity contribution in [2.24, 2.45) is 0 Å². The van der Waals surface area contributed by atoms with Gasteiger partial charge in [-0.25, -0.2) is 9.59 Å². The quantitative estimate of drug-likeness (QED) is 0.359. The standard InChI is InChI=1S/C30H32ClNO2.C2H2O4/c1-23-30(33-22-26-21-27(31)14-15-29(26)34-23)16-19-32(20-17-30)18-8-13-28(24-9-4-2-5-10-24)25-11-6-3-7-12-25;3-1(4)2(5)6/h2-7,9-15,21,23H,8,16-20,22H2,1H3;(H,3,4)(H,5,6). The van der Waals surface area contributed by atoms with Gasteiger partial charge in [-0.1, -0.05) is 78.3 Å². The van der Waals surface area contributed by atoms with E-state index in [1.165, 1.54) is 16.7 Å². The molecular formula is C32H34ClNO6. The number of ether oxygens (including phenoxy) is 2. The Labute approximate surface area is 239 Å². The van der Waals surface area contributed by atoms with Crippen molar-refractivity contribution < 1.29 is 29.3 Å². The Hall–Kier alpha value is -3.65. The second kappa shape index (κ2) is 13.6. The molecule has 210 valence electrons. The van der Waals surface area contributed by atoms with E-state index in [1.807, 2.05) is 18.2 Å². The van der Waals surface area contributed by atoms with Crippen LogP contribution in [0, 0.1) is 0 Å². The number of hydrogen-bond donors (Lipinski definition) is 2. The maximum Gasteiger partial charge on any atom is 0.414 e. The highest BCUT2D eigenvalue weighted by atomic mass is 35.5. The molecule has 1 spiro atoms. The second-order valence-corrected chi connectivity index (χ2v) is 10.4. The average Bonchev–Trinajstić information content (AvgIpc) is 3.09. The average molecular weight is 564 g/mol. The Kier molecular flexibility index (Phi) is 9.98. The van der Waals surface area contributed by atoms with Crippen LogP contribution >= 0.6 is 11.6 Å². The van der Waals surface area contributed by atoms with Crippen LogP contribution in [0.2, 0.25) is 5.02 Å². The van der Waals surface area contributed by atoms with Crippen LogP contribution in [0.5, 0.6) is 5.75 Å². The molecule has 1 fully saturated rings. The number of rotatable bonds is 5. The molecule has 0 aliphatic carbocycles. The lowest BCUT2D eigenvalue weighted by Crippen LogP contribution is -2.53. The topological polar surface area (TPSA) is 96.3 Å². The smallest absolute Gasteiger partial charge is 0.414 e. The van der Waals surface area contributed by atoms with E-state index in [1.54, 1.807) is 0 Å². The Morgan fingerprint density at radius 1 is 0.950 bits per heavy atom. The second-order valence-electron chi connectivity index (χ2n) is 9.96. The third-order valence-electron chi connectivity index (χ3n) is 7.43. The molecule has 8 heteroatoms. The lowest BCUT2D eigenvalue weighted by molar-refractivity contribution is -0.159. The molecule has 2 aliphatic rings. The molecule has 0 aromatic heterocycles. The van der Waals surface area contributed by atoms with Crippen LogP contribution in [-0.2, 0) is 20.9 Å². The van der Waals surface area contributed by atoms with Gasteiger partial charge in [0.1, 0.15) is 17.5 Å². The predicted molar refractivity (Wildman–Crippen MR) is 155 cm³/mol. The third-order valence-corrected chi connectivity index (χ3v) is 7.67. The van der Waals surface area contributed by atoms with E-state index >= 15 is 0 Å². The fourth-order valence-corrected chi connectivity index (χ4v) is 5.34. The van der Waals surface area contributed by atoms with Crippen LogP contribution in [0.4, 0.5) is 0 Å². The van der Waals surface area contributed by atoms with Gasteiger partial charge in [0.2, 0.25) is 0 Å². The first-order valence-electron chi connectivity index (χ1n) is 13.4. The molecule has 0 radical (unpaired) electrons. The largest absolute Gasteiger partial charge is 0.487 e. The van der Waals surface area contributed by atoms with Crippen molar-refractivity contribution in [1.29, 1.82) is 0 Å². The van der Waals surface area contributed by atoms with Crippen molar-refractivity contribution in [2.45, 2.75) is 44.5 Å². The third kappa shape index (κ3) is 7.50. The molecule has 1 unspecified atom stereocenters. The number of fused-ring (bicyclic) bond motifs is 1. The number of aliphatic carboxylic acids is 2. The molecule has 1 saturated heterocycles. The van der Waals surface area contributed by atoms with Gasteiger partial charge in [-0.05, 0) is 61.1 Å². The first-order valence-corrected chi connectivity index (χ1v) is 13.7. The first-order chi connectivity index (χ1) is 19.3. The number of likely N-dealkylation sites (tertiary alicyclic amines) is 1. The Bertz CT molecular complexity index is 1270. The minimum absolute atomic E-state index is 0.0136. The summed E-state index contributed by atoms with van der Waals surface area (Å²) in [6.07, 6.45) is 5.37. The molecule has 2 N–H and O–H groups in total. The van der Waals surface area contributed by atoms with Crippen molar-refractivity contribution in [3.63, 3.8) is 0 Å². The molecule has 0 amide bonds. The van der Waals surface area contributed by atoms with E-state index in [4.69, 9.17) is 40.9 Å². The molecule has 7 nitrogen and oxygen atoms in total. The normalized spacial score (nSPS) is 17.8. The number of benzene rings is 3. The zero-order valence-corrected chi connectivity index (χ0v) is 23.2. The maximum absolute atomic E-state index is 9.10. The summed E-state index contributed by atoms with van der Waals surface area (Å²) in [5, 5.41) is 15.5. The molecule has 5 rings (SSSR count). The van der Waals surface area contributed by atoms with Gasteiger partial charge in [-0.15, -0.1) is 0 Å². The van der Waals surface area contributed by atoms with Gasteiger partial charge in [-0.2, -0.15) is 0 Å². The van der Waals surface area contributed by atoms with E-state index in [0.29, 0.717) is 6.61 Å². The van der Waals surface area contributed by atoms with Crippen LogP contribution in [-0.4, -0.2) is 58.4 Å². The van der Waals surface area contributed by atoms with Crippen molar-refractivity contribution in [1.82, 2.24) is 4.90 Å². The van der Waals surface area contributed by atoms with Crippen LogP contribution in [0.25, 0.3) is 5.57 Å². The zero-order chi connectivity index (χ0) is 28.5. The number of carboxylic acid groups (broad SMARTS) is 2. The lowest BCUT2D eigenvalue weighted by atomic mass is 9.86. The molecule has 40 heavy (non-hydrogen) atoms. The van der Waals surface area contributed by atoms with Gasteiger partial charge in [0.15, 0.2) is 0 Å².